The third-order valence-electron chi connectivity index (χ3n) is 2.14. The Bertz CT molecular complexity index is 532. The van der Waals surface area contributed by atoms with Gasteiger partial charge in [-0.3, -0.25) is 0 Å². The zero-order valence-electron chi connectivity index (χ0n) is 9.10. The van der Waals surface area contributed by atoms with Gasteiger partial charge in [-0.1, -0.05) is 0 Å². The first-order valence-electron chi connectivity index (χ1n) is 4.81. The van der Waals surface area contributed by atoms with Crippen molar-refractivity contribution in [2.45, 2.75) is 10.9 Å². The molecule has 0 saturated heterocycles. The first-order chi connectivity index (χ1) is 8.33. The number of benzene rings is 1. The van der Waals surface area contributed by atoms with Gasteiger partial charge in [0.25, 0.3) is 0 Å². The van der Waals surface area contributed by atoms with E-state index in [0.29, 0.717) is 12.1 Å². The lowest BCUT2D eigenvalue weighted by molar-refractivity contribution is 0.185. The highest BCUT2D eigenvalue weighted by Gasteiger charge is 2.25. The van der Waals surface area contributed by atoms with Crippen LogP contribution < -0.4 is 10.5 Å². The molecule has 1 aromatic carbocycles. The molecule has 0 spiro atoms. The van der Waals surface area contributed by atoms with Crippen LogP contribution in [0.25, 0.3) is 0 Å². The molecular formula is C9H12F2N2O4S. The fourth-order valence-electron chi connectivity index (χ4n) is 1.17. The molecule has 1 aromatic rings. The Labute approximate surface area is 102 Å². The number of nitrogens with one attached hydrogen (secondary N) is 1. The molecule has 0 heterocycles. The van der Waals surface area contributed by atoms with Crippen LogP contribution >= 0.6 is 0 Å². The number of hydrogen-bond donors (Lipinski definition) is 4. The summed E-state index contributed by atoms with van der Waals surface area (Å²) in [5.74, 6) is -2.50. The van der Waals surface area contributed by atoms with Crippen LogP contribution in [0.2, 0.25) is 0 Å². The molecule has 6 nitrogen and oxygen atoms in total. The Kier molecular flexibility index (Phi) is 4.57. The molecule has 0 fully saturated rings. The normalized spacial score (nSPS) is 12.1. The van der Waals surface area contributed by atoms with E-state index in [9.17, 15) is 17.2 Å². The van der Waals surface area contributed by atoms with Crippen molar-refractivity contribution in [3.8, 4) is 0 Å². The number of nitrogens with two attached hydrogens (primary N) is 1. The van der Waals surface area contributed by atoms with Crippen LogP contribution in [0.1, 0.15) is 0 Å². The molecule has 102 valence electrons. The lowest BCUT2D eigenvalue weighted by Crippen LogP contribution is -2.40. The van der Waals surface area contributed by atoms with Gasteiger partial charge >= 0.3 is 0 Å². The molecule has 9 heteroatoms. The van der Waals surface area contributed by atoms with Gasteiger partial charge < -0.3 is 15.9 Å². The smallest absolute Gasteiger partial charge is 0.243 e. The van der Waals surface area contributed by atoms with Crippen LogP contribution in [0, 0.1) is 11.6 Å². The molecule has 0 radical (unpaired) electrons. The monoisotopic (exact) mass is 282 g/mol. The van der Waals surface area contributed by atoms with Crippen LogP contribution in [0.3, 0.4) is 0 Å². The number of halogens is 2. The molecule has 0 unspecified atom stereocenters. The van der Waals surface area contributed by atoms with Crippen LogP contribution in [-0.4, -0.2) is 37.9 Å². The Hall–Kier alpha value is -1.29. The van der Waals surface area contributed by atoms with Gasteiger partial charge in [-0.25, -0.2) is 21.9 Å². The van der Waals surface area contributed by atoms with E-state index in [1.807, 2.05) is 4.72 Å². The molecule has 0 bridgehead atoms. The van der Waals surface area contributed by atoms with Gasteiger partial charge in [0.1, 0.15) is 16.4 Å². The van der Waals surface area contributed by atoms with Crippen LogP contribution in [-0.2, 0) is 10.0 Å². The lowest BCUT2D eigenvalue weighted by Gasteiger charge is -2.14. The maximum atomic E-state index is 13.5. The molecule has 0 atom stereocenters. The molecule has 0 aliphatic rings. The zero-order chi connectivity index (χ0) is 13.9. The van der Waals surface area contributed by atoms with E-state index in [0.717, 1.165) is 0 Å². The quantitative estimate of drug-likeness (QED) is 0.527. The summed E-state index contributed by atoms with van der Waals surface area (Å²) in [7, 11) is -4.35. The first kappa shape index (κ1) is 14.8. The predicted molar refractivity (Wildman–Crippen MR) is 59.1 cm³/mol. The van der Waals surface area contributed by atoms with Crippen molar-refractivity contribution < 1.29 is 27.4 Å². The molecular weight excluding hydrogens is 270 g/mol. The second-order valence-corrected chi connectivity index (χ2v) is 5.14. The van der Waals surface area contributed by atoms with E-state index in [-0.39, 0.29) is 0 Å². The summed E-state index contributed by atoms with van der Waals surface area (Å²) >= 11 is 0. The summed E-state index contributed by atoms with van der Waals surface area (Å²) in [6.07, 6.45) is 0. The molecule has 18 heavy (non-hydrogen) atoms. The van der Waals surface area contributed by atoms with Crippen molar-refractivity contribution in [1.82, 2.24) is 4.72 Å². The summed E-state index contributed by atoms with van der Waals surface area (Å²) in [5, 5.41) is 17.5. The van der Waals surface area contributed by atoms with E-state index in [1.54, 1.807) is 0 Å². The second kappa shape index (κ2) is 5.57. The molecule has 0 aromatic heterocycles. The highest BCUT2D eigenvalue weighted by Crippen LogP contribution is 2.22. The maximum absolute atomic E-state index is 13.5. The van der Waals surface area contributed by atoms with E-state index in [1.165, 1.54) is 0 Å². The Morgan fingerprint density at radius 2 is 1.83 bits per heavy atom. The largest absolute Gasteiger partial charge is 0.395 e. The minimum atomic E-state index is -4.35. The molecule has 0 saturated carbocycles. The van der Waals surface area contributed by atoms with Crippen LogP contribution in [0.5, 0.6) is 0 Å². The number of aliphatic hydroxyl groups is 2. The topological polar surface area (TPSA) is 113 Å². The molecule has 0 aliphatic heterocycles. The van der Waals surface area contributed by atoms with Gasteiger partial charge in [0.15, 0.2) is 5.82 Å². The van der Waals surface area contributed by atoms with Crippen molar-refractivity contribution >= 4 is 15.7 Å². The SMILES string of the molecule is Nc1c(F)ccc(S(=O)(=O)NC(CO)CO)c1F. The number of aliphatic hydroxyl groups excluding tert-OH is 2. The number of rotatable bonds is 5. The average molecular weight is 282 g/mol. The molecule has 1 rings (SSSR count). The fraction of sp³-hybridized carbons (Fsp3) is 0.333. The Morgan fingerprint density at radius 3 is 2.33 bits per heavy atom. The second-order valence-electron chi connectivity index (χ2n) is 3.46. The molecule has 0 aliphatic carbocycles. The van der Waals surface area contributed by atoms with Gasteiger partial charge in [-0.2, -0.15) is 0 Å². The number of sulfonamides is 1. The average Bonchev–Trinajstić information content (AvgIpc) is 2.32. The first-order valence-corrected chi connectivity index (χ1v) is 6.29. The number of nitrogen functional groups attached to an aromatic ring is 1. The third-order valence-corrected chi connectivity index (χ3v) is 3.68. The van der Waals surface area contributed by atoms with E-state index >= 15 is 0 Å². The van der Waals surface area contributed by atoms with E-state index in [4.69, 9.17) is 15.9 Å². The predicted octanol–water partition coefficient (Wildman–Crippen LogP) is -0.822. The van der Waals surface area contributed by atoms with Crippen LogP contribution in [0.15, 0.2) is 17.0 Å². The third kappa shape index (κ3) is 2.93. The highest BCUT2D eigenvalue weighted by molar-refractivity contribution is 7.89. The standard InChI is InChI=1S/C9H12F2N2O4S/c10-6-1-2-7(8(11)9(6)12)18(16,17)13-5(3-14)4-15/h1-2,5,13-15H,3-4,12H2. The summed E-state index contributed by atoms with van der Waals surface area (Å²) in [6.45, 7) is -1.35. The van der Waals surface area contributed by atoms with E-state index in [2.05, 4.69) is 0 Å². The fourth-order valence-corrected chi connectivity index (χ4v) is 2.48. The van der Waals surface area contributed by atoms with Crippen molar-refractivity contribution in [2.24, 2.45) is 0 Å². The number of hydrogen-bond acceptors (Lipinski definition) is 5. The van der Waals surface area contributed by atoms with Crippen molar-refractivity contribution in [3.63, 3.8) is 0 Å². The van der Waals surface area contributed by atoms with Gasteiger partial charge in [-0.05, 0) is 12.1 Å². The summed E-state index contributed by atoms with van der Waals surface area (Å²) in [4.78, 5) is -0.853. The number of anilines is 1. The zero-order valence-corrected chi connectivity index (χ0v) is 9.92. The minimum absolute atomic E-state index is 0.673. The van der Waals surface area contributed by atoms with Gasteiger partial charge in [-0.15, -0.1) is 0 Å². The van der Waals surface area contributed by atoms with Crippen molar-refractivity contribution in [2.75, 3.05) is 18.9 Å². The lowest BCUT2D eigenvalue weighted by atomic mass is 10.3. The minimum Gasteiger partial charge on any atom is -0.395 e. The summed E-state index contributed by atoms with van der Waals surface area (Å²) < 4.78 is 51.6. The Balaban J connectivity index is 3.17. The maximum Gasteiger partial charge on any atom is 0.243 e. The summed E-state index contributed by atoms with van der Waals surface area (Å²) in [6, 6.07) is 0.232. The van der Waals surface area contributed by atoms with Gasteiger partial charge in [0.2, 0.25) is 10.0 Å². The highest BCUT2D eigenvalue weighted by atomic mass is 32.2. The van der Waals surface area contributed by atoms with Crippen molar-refractivity contribution in [1.29, 1.82) is 0 Å². The van der Waals surface area contributed by atoms with E-state index < -0.39 is 51.5 Å². The van der Waals surface area contributed by atoms with Gasteiger partial charge in [0.05, 0.1) is 19.3 Å². The Morgan fingerprint density at radius 1 is 1.28 bits per heavy atom. The summed E-state index contributed by atoms with van der Waals surface area (Å²) in [5.41, 5.74) is 4.12. The van der Waals surface area contributed by atoms with Crippen molar-refractivity contribution in [3.05, 3.63) is 23.8 Å². The molecule has 5 N–H and O–H groups in total. The van der Waals surface area contributed by atoms with Crippen LogP contribution in [0.4, 0.5) is 14.5 Å². The van der Waals surface area contributed by atoms with Gasteiger partial charge in [0, 0.05) is 0 Å². The molecule has 0 amide bonds.